The van der Waals surface area contributed by atoms with E-state index in [1.165, 1.54) is 27.8 Å². The van der Waals surface area contributed by atoms with Crippen LogP contribution in [0.25, 0.3) is 11.1 Å². The monoisotopic (exact) mass is 260 g/mol. The first-order chi connectivity index (χ1) is 9.73. The smallest absolute Gasteiger partial charge is 0.0428 e. The van der Waals surface area contributed by atoms with Crippen LogP contribution in [0.2, 0.25) is 0 Å². The van der Waals surface area contributed by atoms with Crippen LogP contribution in [0.15, 0.2) is 67.3 Å². The molecule has 1 unspecified atom stereocenters. The molecule has 0 aliphatic heterocycles. The molecule has 0 nitrogen and oxygen atoms in total. The van der Waals surface area contributed by atoms with Crippen LogP contribution in [-0.4, -0.2) is 0 Å². The van der Waals surface area contributed by atoms with E-state index < -0.39 is 0 Å². The summed E-state index contributed by atoms with van der Waals surface area (Å²) in [4.78, 5) is 0. The van der Waals surface area contributed by atoms with Gasteiger partial charge in [-0.15, -0.1) is 6.58 Å². The summed E-state index contributed by atoms with van der Waals surface area (Å²) in [6, 6.07) is 15.6. The fraction of sp³-hybridized carbons (Fsp3) is 0.200. The van der Waals surface area contributed by atoms with Crippen molar-refractivity contribution < 1.29 is 0 Å². The Morgan fingerprint density at radius 2 is 1.80 bits per heavy atom. The number of fused-ring (bicyclic) bond motifs is 3. The Balaban J connectivity index is 2.39. The summed E-state index contributed by atoms with van der Waals surface area (Å²) in [5.41, 5.74) is 6.81. The second-order valence-corrected chi connectivity index (χ2v) is 5.56. The molecule has 0 bridgehead atoms. The average Bonchev–Trinajstić information content (AvgIpc) is 2.71. The molecule has 0 N–H and O–H groups in total. The highest BCUT2D eigenvalue weighted by Gasteiger charge is 2.39. The van der Waals surface area contributed by atoms with E-state index in [4.69, 9.17) is 0 Å². The number of hydrogen-bond acceptors (Lipinski definition) is 0. The van der Waals surface area contributed by atoms with E-state index in [2.05, 4.69) is 75.0 Å². The Kier molecular flexibility index (Phi) is 3.10. The molecule has 0 heteroatoms. The largest absolute Gasteiger partial charge is 0.103 e. The second kappa shape index (κ2) is 4.79. The van der Waals surface area contributed by atoms with Gasteiger partial charge >= 0.3 is 0 Å². The number of aryl methyl sites for hydroxylation is 1. The second-order valence-electron chi connectivity index (χ2n) is 5.56. The molecule has 1 aliphatic carbocycles. The zero-order valence-corrected chi connectivity index (χ0v) is 12.2. The van der Waals surface area contributed by atoms with Crippen molar-refractivity contribution in [3.8, 4) is 11.1 Å². The minimum absolute atomic E-state index is 0.0472. The molecule has 0 fully saturated rings. The van der Waals surface area contributed by atoms with Crippen molar-refractivity contribution in [1.29, 1.82) is 0 Å². The molecule has 0 spiro atoms. The Hall–Kier alpha value is -2.08. The molecule has 1 atom stereocenters. The molecule has 0 amide bonds. The first-order valence-electron chi connectivity index (χ1n) is 7.18. The van der Waals surface area contributed by atoms with E-state index in [0.717, 1.165) is 6.42 Å². The van der Waals surface area contributed by atoms with Crippen LogP contribution in [0, 0.1) is 6.92 Å². The van der Waals surface area contributed by atoms with Crippen molar-refractivity contribution in [3.05, 3.63) is 84.0 Å². The van der Waals surface area contributed by atoms with Gasteiger partial charge in [0.2, 0.25) is 0 Å². The van der Waals surface area contributed by atoms with Crippen LogP contribution < -0.4 is 0 Å². The normalized spacial score (nSPS) is 19.9. The van der Waals surface area contributed by atoms with E-state index in [1.54, 1.807) is 0 Å². The fourth-order valence-electron chi connectivity index (χ4n) is 3.49. The van der Waals surface area contributed by atoms with Gasteiger partial charge in [0, 0.05) is 5.41 Å². The highest BCUT2D eigenvalue weighted by Crippen LogP contribution is 2.51. The third kappa shape index (κ3) is 1.68. The first-order valence-corrected chi connectivity index (χ1v) is 7.18. The highest BCUT2D eigenvalue weighted by atomic mass is 14.4. The van der Waals surface area contributed by atoms with Crippen molar-refractivity contribution in [2.45, 2.75) is 25.7 Å². The zero-order chi connectivity index (χ0) is 14.2. The Morgan fingerprint density at radius 1 is 1.05 bits per heavy atom. The first kappa shape index (κ1) is 12.9. The maximum atomic E-state index is 3.99. The van der Waals surface area contributed by atoms with E-state index in [9.17, 15) is 0 Å². The van der Waals surface area contributed by atoms with Crippen LogP contribution in [0.3, 0.4) is 0 Å². The van der Waals surface area contributed by atoms with Crippen LogP contribution >= 0.6 is 0 Å². The predicted molar refractivity (Wildman–Crippen MR) is 87.0 cm³/mol. The Bertz CT molecular complexity index is 691. The van der Waals surface area contributed by atoms with Crippen molar-refractivity contribution in [1.82, 2.24) is 0 Å². The van der Waals surface area contributed by atoms with Gasteiger partial charge in [-0.25, -0.2) is 0 Å². The van der Waals surface area contributed by atoms with Crippen LogP contribution in [0.5, 0.6) is 0 Å². The Labute approximate surface area is 121 Å². The van der Waals surface area contributed by atoms with Crippen LogP contribution in [0.4, 0.5) is 0 Å². The lowest BCUT2D eigenvalue weighted by molar-refractivity contribution is 0.672. The molecule has 0 saturated heterocycles. The van der Waals surface area contributed by atoms with Crippen LogP contribution in [-0.2, 0) is 5.41 Å². The van der Waals surface area contributed by atoms with Crippen molar-refractivity contribution in [2.24, 2.45) is 0 Å². The van der Waals surface area contributed by atoms with Gasteiger partial charge in [-0.05, 0) is 42.5 Å². The fourth-order valence-corrected chi connectivity index (χ4v) is 3.49. The third-order valence-electron chi connectivity index (χ3n) is 4.27. The standard InChI is InChI=1S/C20H20/c1-4-12-20(13-5-2)18-9-7-6-8-16(18)17-11-10-15(3)14-19(17)20/h4-11,13-14H,1,12H2,2-3H3. The predicted octanol–water partition coefficient (Wildman–Crippen LogP) is 5.41. The van der Waals surface area contributed by atoms with Crippen LogP contribution in [0.1, 0.15) is 30.0 Å². The van der Waals surface area contributed by atoms with Gasteiger partial charge in [-0.2, -0.15) is 0 Å². The molecule has 3 rings (SSSR count). The van der Waals surface area contributed by atoms with Gasteiger partial charge in [0.05, 0.1) is 0 Å². The summed E-state index contributed by atoms with van der Waals surface area (Å²) < 4.78 is 0. The summed E-state index contributed by atoms with van der Waals surface area (Å²) in [5, 5.41) is 0. The van der Waals surface area contributed by atoms with Crippen molar-refractivity contribution in [3.63, 3.8) is 0 Å². The van der Waals surface area contributed by atoms with E-state index >= 15 is 0 Å². The highest BCUT2D eigenvalue weighted by molar-refractivity contribution is 5.82. The number of allylic oxidation sites excluding steroid dienone is 3. The molecule has 20 heavy (non-hydrogen) atoms. The zero-order valence-electron chi connectivity index (χ0n) is 12.2. The average molecular weight is 260 g/mol. The number of hydrogen-bond donors (Lipinski definition) is 0. The quantitative estimate of drug-likeness (QED) is 0.647. The number of rotatable bonds is 3. The molecule has 0 saturated carbocycles. The summed E-state index contributed by atoms with van der Waals surface area (Å²) in [6.45, 7) is 8.25. The molecular formula is C20H20. The molecule has 100 valence electrons. The summed E-state index contributed by atoms with van der Waals surface area (Å²) >= 11 is 0. The van der Waals surface area contributed by atoms with E-state index in [0.29, 0.717) is 0 Å². The molecule has 0 heterocycles. The van der Waals surface area contributed by atoms with E-state index in [1.807, 2.05) is 6.08 Å². The lowest BCUT2D eigenvalue weighted by Crippen LogP contribution is -2.21. The van der Waals surface area contributed by atoms with E-state index in [-0.39, 0.29) is 5.41 Å². The maximum absolute atomic E-state index is 3.99. The lowest BCUT2D eigenvalue weighted by atomic mass is 9.75. The third-order valence-corrected chi connectivity index (χ3v) is 4.27. The van der Waals surface area contributed by atoms with Gasteiger partial charge in [0.1, 0.15) is 0 Å². The molecule has 1 aliphatic rings. The van der Waals surface area contributed by atoms with Gasteiger partial charge in [0.25, 0.3) is 0 Å². The lowest BCUT2D eigenvalue weighted by Gasteiger charge is -2.27. The molecule has 0 radical (unpaired) electrons. The molecule has 0 aromatic heterocycles. The number of benzene rings is 2. The van der Waals surface area contributed by atoms with Gasteiger partial charge in [0.15, 0.2) is 0 Å². The van der Waals surface area contributed by atoms with Gasteiger partial charge in [-0.1, -0.05) is 66.3 Å². The van der Waals surface area contributed by atoms with Crippen molar-refractivity contribution in [2.75, 3.05) is 0 Å². The molecular weight excluding hydrogens is 240 g/mol. The Morgan fingerprint density at radius 3 is 2.55 bits per heavy atom. The molecule has 2 aromatic carbocycles. The maximum Gasteiger partial charge on any atom is 0.0428 e. The minimum atomic E-state index is -0.0472. The summed E-state index contributed by atoms with van der Waals surface area (Å²) in [7, 11) is 0. The SMILES string of the molecule is C=CCC1(C=CC)c2ccccc2-c2ccc(C)cc21. The minimum Gasteiger partial charge on any atom is -0.103 e. The molecule has 2 aromatic rings. The van der Waals surface area contributed by atoms with Crippen molar-refractivity contribution >= 4 is 0 Å². The topological polar surface area (TPSA) is 0 Å². The summed E-state index contributed by atoms with van der Waals surface area (Å²) in [6.07, 6.45) is 7.47. The van der Waals surface area contributed by atoms with Gasteiger partial charge < -0.3 is 0 Å². The summed E-state index contributed by atoms with van der Waals surface area (Å²) in [5.74, 6) is 0. The van der Waals surface area contributed by atoms with Gasteiger partial charge in [-0.3, -0.25) is 0 Å².